The molecule has 0 heterocycles. The average Bonchev–Trinajstić information content (AvgIpc) is 2.38. The van der Waals surface area contributed by atoms with Crippen LogP contribution >= 0.6 is 11.6 Å². The van der Waals surface area contributed by atoms with Crippen LogP contribution in [0.2, 0.25) is 5.02 Å². The minimum Gasteiger partial charge on any atom is -0.473 e. The van der Waals surface area contributed by atoms with Crippen LogP contribution in [0.1, 0.15) is 5.56 Å². The molecule has 0 aliphatic carbocycles. The normalized spacial score (nSPS) is 9.55. The average molecular weight is 308 g/mol. The van der Waals surface area contributed by atoms with Crippen LogP contribution in [0.4, 0.5) is 4.39 Å². The fraction of sp³-hybridized carbons (Fsp3) is 0.333. The Bertz CT molecular complexity index is 423. The molecule has 1 aromatic carbocycles. The number of carboxylic acids is 2. The number of aliphatic carboxylic acids is 2. The standard InChI is InChI=1S/C10H13ClFNO.C2H2O4/c1-14-6-5-13-7-8-9(11)3-2-4-10(8)12;3-1(4)2(5)6/h2-4,13H,5-7H2,1H3;(H,3,4)(H,5,6). The molecule has 6 nitrogen and oxygen atoms in total. The molecule has 20 heavy (non-hydrogen) atoms. The summed E-state index contributed by atoms with van der Waals surface area (Å²) in [4.78, 5) is 18.2. The Kier molecular flexibility index (Phi) is 9.27. The molecule has 0 aliphatic rings. The quantitative estimate of drug-likeness (QED) is 0.562. The van der Waals surface area contributed by atoms with E-state index in [1.165, 1.54) is 6.07 Å². The maximum absolute atomic E-state index is 13.2. The second-order valence-electron chi connectivity index (χ2n) is 3.48. The zero-order valence-electron chi connectivity index (χ0n) is 10.7. The lowest BCUT2D eigenvalue weighted by atomic mass is 10.2. The summed E-state index contributed by atoms with van der Waals surface area (Å²) in [6, 6.07) is 4.67. The van der Waals surface area contributed by atoms with Crippen LogP contribution in [0.3, 0.4) is 0 Å². The summed E-state index contributed by atoms with van der Waals surface area (Å²) in [6.45, 7) is 1.71. The van der Waals surface area contributed by atoms with Gasteiger partial charge in [0, 0.05) is 30.8 Å². The highest BCUT2D eigenvalue weighted by Crippen LogP contribution is 2.18. The topological polar surface area (TPSA) is 95.9 Å². The lowest BCUT2D eigenvalue weighted by Gasteiger charge is -2.06. The molecule has 1 rings (SSSR count). The lowest BCUT2D eigenvalue weighted by molar-refractivity contribution is -0.159. The SMILES string of the molecule is COCCNCc1c(F)cccc1Cl.O=C(O)C(=O)O. The van der Waals surface area contributed by atoms with E-state index in [0.29, 0.717) is 30.3 Å². The van der Waals surface area contributed by atoms with Gasteiger partial charge in [-0.3, -0.25) is 0 Å². The summed E-state index contributed by atoms with van der Waals surface area (Å²) in [7, 11) is 1.62. The van der Waals surface area contributed by atoms with Crippen molar-refractivity contribution in [3.8, 4) is 0 Å². The van der Waals surface area contributed by atoms with Gasteiger partial charge >= 0.3 is 11.9 Å². The van der Waals surface area contributed by atoms with Crippen molar-refractivity contribution >= 4 is 23.5 Å². The van der Waals surface area contributed by atoms with Crippen molar-refractivity contribution in [3.05, 3.63) is 34.6 Å². The van der Waals surface area contributed by atoms with Gasteiger partial charge in [0.25, 0.3) is 0 Å². The number of hydrogen-bond donors (Lipinski definition) is 3. The van der Waals surface area contributed by atoms with E-state index in [2.05, 4.69) is 5.32 Å². The summed E-state index contributed by atoms with van der Waals surface area (Å²) in [5.74, 6) is -3.92. The van der Waals surface area contributed by atoms with Crippen LogP contribution in [0.15, 0.2) is 18.2 Å². The number of rotatable bonds is 5. The van der Waals surface area contributed by atoms with Crippen LogP contribution in [-0.2, 0) is 20.9 Å². The largest absolute Gasteiger partial charge is 0.473 e. The number of hydrogen-bond acceptors (Lipinski definition) is 4. The third kappa shape index (κ3) is 7.67. The van der Waals surface area contributed by atoms with Crippen LogP contribution in [0.25, 0.3) is 0 Å². The van der Waals surface area contributed by atoms with Gasteiger partial charge in [0.05, 0.1) is 6.61 Å². The third-order valence-electron chi connectivity index (χ3n) is 2.03. The number of ether oxygens (including phenoxy) is 1. The predicted molar refractivity (Wildman–Crippen MR) is 70.3 cm³/mol. The van der Waals surface area contributed by atoms with E-state index >= 15 is 0 Å². The minimum absolute atomic E-state index is 0.276. The first-order chi connectivity index (χ1) is 9.40. The molecule has 0 aliphatic heterocycles. The molecule has 0 bridgehead atoms. The Labute approximate surface area is 120 Å². The van der Waals surface area contributed by atoms with Crippen LogP contribution in [0.5, 0.6) is 0 Å². The molecule has 0 unspecified atom stereocenters. The van der Waals surface area contributed by atoms with Crippen LogP contribution < -0.4 is 5.32 Å². The Morgan fingerprint density at radius 3 is 2.40 bits per heavy atom. The molecule has 0 atom stereocenters. The van der Waals surface area contributed by atoms with E-state index in [-0.39, 0.29) is 5.82 Å². The fourth-order valence-electron chi connectivity index (χ4n) is 1.09. The molecule has 0 saturated heterocycles. The fourth-order valence-corrected chi connectivity index (χ4v) is 1.32. The van der Waals surface area contributed by atoms with Gasteiger partial charge in [-0.2, -0.15) is 0 Å². The van der Waals surface area contributed by atoms with Gasteiger partial charge in [-0.25, -0.2) is 14.0 Å². The monoisotopic (exact) mass is 307 g/mol. The Hall–Kier alpha value is -1.70. The molecule has 0 fully saturated rings. The van der Waals surface area contributed by atoms with E-state index in [1.54, 1.807) is 19.2 Å². The van der Waals surface area contributed by atoms with E-state index in [1.807, 2.05) is 0 Å². The minimum atomic E-state index is -1.82. The Morgan fingerprint density at radius 1 is 1.35 bits per heavy atom. The van der Waals surface area contributed by atoms with Crippen molar-refractivity contribution in [1.82, 2.24) is 5.32 Å². The molecule has 0 radical (unpaired) electrons. The number of carboxylic acid groups (broad SMARTS) is 2. The summed E-state index contributed by atoms with van der Waals surface area (Å²) in [5.41, 5.74) is 0.505. The highest BCUT2D eigenvalue weighted by Gasteiger charge is 2.05. The Balaban J connectivity index is 0.000000511. The maximum Gasteiger partial charge on any atom is 0.414 e. The van der Waals surface area contributed by atoms with Gasteiger partial charge in [0.2, 0.25) is 0 Å². The van der Waals surface area contributed by atoms with E-state index in [0.717, 1.165) is 0 Å². The number of nitrogens with one attached hydrogen (secondary N) is 1. The van der Waals surface area contributed by atoms with Crippen molar-refractivity contribution in [3.63, 3.8) is 0 Å². The molecule has 0 spiro atoms. The van der Waals surface area contributed by atoms with E-state index in [4.69, 9.17) is 36.1 Å². The zero-order chi connectivity index (χ0) is 15.5. The third-order valence-corrected chi connectivity index (χ3v) is 2.38. The van der Waals surface area contributed by atoms with Crippen LogP contribution in [-0.4, -0.2) is 42.4 Å². The molecular formula is C12H15ClFNO5. The van der Waals surface area contributed by atoms with Gasteiger partial charge in [0.15, 0.2) is 0 Å². The molecule has 8 heteroatoms. The molecule has 1 aromatic rings. The van der Waals surface area contributed by atoms with E-state index < -0.39 is 11.9 Å². The lowest BCUT2D eigenvalue weighted by Crippen LogP contribution is -2.19. The summed E-state index contributed by atoms with van der Waals surface area (Å²) in [5, 5.41) is 18.3. The van der Waals surface area contributed by atoms with Gasteiger partial charge in [0.1, 0.15) is 5.82 Å². The number of halogens is 2. The Morgan fingerprint density at radius 2 is 1.95 bits per heavy atom. The molecule has 0 saturated carbocycles. The maximum atomic E-state index is 13.2. The molecule has 3 N–H and O–H groups in total. The first-order valence-electron chi connectivity index (χ1n) is 5.49. The van der Waals surface area contributed by atoms with Gasteiger partial charge in [-0.05, 0) is 12.1 Å². The predicted octanol–water partition coefficient (Wildman–Crippen LogP) is 1.37. The number of benzene rings is 1. The summed E-state index contributed by atoms with van der Waals surface area (Å²) >= 11 is 5.83. The summed E-state index contributed by atoms with van der Waals surface area (Å²) < 4.78 is 18.1. The van der Waals surface area contributed by atoms with Crippen molar-refractivity contribution in [2.45, 2.75) is 6.54 Å². The highest BCUT2D eigenvalue weighted by atomic mass is 35.5. The number of methoxy groups -OCH3 is 1. The van der Waals surface area contributed by atoms with Gasteiger partial charge in [-0.1, -0.05) is 17.7 Å². The first kappa shape index (κ1) is 18.3. The molecule has 0 aromatic heterocycles. The number of carbonyl (C=O) groups is 2. The van der Waals surface area contributed by atoms with Crippen molar-refractivity contribution in [2.24, 2.45) is 0 Å². The zero-order valence-corrected chi connectivity index (χ0v) is 11.5. The van der Waals surface area contributed by atoms with Crippen LogP contribution in [0, 0.1) is 5.82 Å². The van der Waals surface area contributed by atoms with Crippen molar-refractivity contribution in [1.29, 1.82) is 0 Å². The van der Waals surface area contributed by atoms with Crippen molar-refractivity contribution < 1.29 is 28.9 Å². The van der Waals surface area contributed by atoms with E-state index in [9.17, 15) is 4.39 Å². The second kappa shape index (κ2) is 10.1. The molecular weight excluding hydrogens is 293 g/mol. The first-order valence-corrected chi connectivity index (χ1v) is 5.86. The summed E-state index contributed by atoms with van der Waals surface area (Å²) in [6.07, 6.45) is 0. The smallest absolute Gasteiger partial charge is 0.414 e. The highest BCUT2D eigenvalue weighted by molar-refractivity contribution is 6.31. The molecule has 0 amide bonds. The molecule has 112 valence electrons. The van der Waals surface area contributed by atoms with Gasteiger partial charge < -0.3 is 20.3 Å². The van der Waals surface area contributed by atoms with Gasteiger partial charge in [-0.15, -0.1) is 0 Å². The second-order valence-corrected chi connectivity index (χ2v) is 3.89. The van der Waals surface area contributed by atoms with Crippen molar-refractivity contribution in [2.75, 3.05) is 20.3 Å².